The van der Waals surface area contributed by atoms with E-state index in [0.29, 0.717) is 23.5 Å². The minimum absolute atomic E-state index is 0.0125. The standard InChI is InChI=1S/C26H30N6O3/c1-31(2)26(34)19-6-10-20(11-7-19)28-23-15-27-16-24(30-23)32-14-4-5-21(17-32)29-25(33)18-8-12-22(35-3)13-9-18/h6-13,15-16,21H,4-5,14,17H2,1-3H3,(H,28,30)(H,29,33)/t21-/m1/s1. The van der Waals surface area contributed by atoms with Gasteiger partial charge < -0.3 is 25.2 Å². The lowest BCUT2D eigenvalue weighted by Gasteiger charge is -2.34. The number of benzene rings is 2. The van der Waals surface area contributed by atoms with E-state index in [1.54, 1.807) is 74.9 Å². The van der Waals surface area contributed by atoms with Crippen LogP contribution in [0.2, 0.25) is 0 Å². The summed E-state index contributed by atoms with van der Waals surface area (Å²) in [6.45, 7) is 1.50. The molecule has 4 rings (SSSR count). The van der Waals surface area contributed by atoms with E-state index in [2.05, 4.69) is 20.5 Å². The number of nitrogens with one attached hydrogen (secondary N) is 2. The minimum atomic E-state index is -0.0998. The van der Waals surface area contributed by atoms with E-state index >= 15 is 0 Å². The van der Waals surface area contributed by atoms with Crippen LogP contribution in [0.5, 0.6) is 5.75 Å². The van der Waals surface area contributed by atoms with Gasteiger partial charge in [-0.15, -0.1) is 0 Å². The molecule has 1 aromatic heterocycles. The maximum Gasteiger partial charge on any atom is 0.253 e. The monoisotopic (exact) mass is 474 g/mol. The normalized spacial score (nSPS) is 15.3. The largest absolute Gasteiger partial charge is 0.497 e. The van der Waals surface area contributed by atoms with Crippen molar-refractivity contribution < 1.29 is 14.3 Å². The van der Waals surface area contributed by atoms with E-state index in [1.165, 1.54) is 0 Å². The molecule has 0 unspecified atom stereocenters. The molecule has 2 aromatic carbocycles. The number of ether oxygens (including phenoxy) is 1. The molecule has 9 heteroatoms. The summed E-state index contributed by atoms with van der Waals surface area (Å²) in [7, 11) is 5.06. The molecule has 1 aliphatic rings. The number of hydrogen-bond acceptors (Lipinski definition) is 7. The molecule has 0 bridgehead atoms. The van der Waals surface area contributed by atoms with Crippen LogP contribution in [-0.4, -0.2) is 67.0 Å². The minimum Gasteiger partial charge on any atom is -0.497 e. The van der Waals surface area contributed by atoms with Gasteiger partial charge in [-0.25, -0.2) is 4.98 Å². The maximum atomic E-state index is 12.7. The van der Waals surface area contributed by atoms with Gasteiger partial charge in [-0.3, -0.25) is 14.6 Å². The number of aromatic nitrogens is 2. The summed E-state index contributed by atoms with van der Waals surface area (Å²) in [6.07, 6.45) is 5.24. The fraction of sp³-hybridized carbons (Fsp3) is 0.308. The lowest BCUT2D eigenvalue weighted by atomic mass is 10.0. The Hall–Kier alpha value is -4.14. The maximum absolute atomic E-state index is 12.7. The quantitative estimate of drug-likeness (QED) is 0.542. The highest BCUT2D eigenvalue weighted by atomic mass is 16.5. The predicted molar refractivity (Wildman–Crippen MR) is 135 cm³/mol. The van der Waals surface area contributed by atoms with Gasteiger partial charge in [-0.05, 0) is 61.4 Å². The first-order valence-electron chi connectivity index (χ1n) is 11.5. The van der Waals surface area contributed by atoms with Gasteiger partial charge in [0.05, 0.1) is 19.5 Å². The second kappa shape index (κ2) is 10.9. The van der Waals surface area contributed by atoms with Crippen molar-refractivity contribution in [1.82, 2.24) is 20.2 Å². The summed E-state index contributed by atoms with van der Waals surface area (Å²) in [5.74, 6) is 1.93. The Labute approximate surface area is 205 Å². The number of hydrogen-bond donors (Lipinski definition) is 2. The van der Waals surface area contributed by atoms with Crippen molar-refractivity contribution >= 4 is 29.1 Å². The molecule has 0 aliphatic carbocycles. The lowest BCUT2D eigenvalue weighted by molar-refractivity contribution is 0.0827. The molecule has 3 aromatic rings. The van der Waals surface area contributed by atoms with Crippen LogP contribution in [0.3, 0.4) is 0 Å². The molecule has 0 saturated carbocycles. The van der Waals surface area contributed by atoms with E-state index in [4.69, 9.17) is 9.72 Å². The van der Waals surface area contributed by atoms with Crippen molar-refractivity contribution in [1.29, 1.82) is 0 Å². The number of carbonyl (C=O) groups excluding carboxylic acids is 2. The van der Waals surface area contributed by atoms with Gasteiger partial charge in [-0.2, -0.15) is 0 Å². The molecule has 1 fully saturated rings. The average Bonchev–Trinajstić information content (AvgIpc) is 2.89. The van der Waals surface area contributed by atoms with E-state index < -0.39 is 0 Å². The zero-order chi connectivity index (χ0) is 24.8. The Bertz CT molecular complexity index is 1160. The average molecular weight is 475 g/mol. The summed E-state index contributed by atoms with van der Waals surface area (Å²) in [5, 5.41) is 6.38. The summed E-state index contributed by atoms with van der Waals surface area (Å²) in [4.78, 5) is 37.5. The molecular formula is C26H30N6O3. The van der Waals surface area contributed by atoms with Gasteiger partial charge in [0.25, 0.3) is 11.8 Å². The summed E-state index contributed by atoms with van der Waals surface area (Å²) >= 11 is 0. The van der Waals surface area contributed by atoms with Crippen molar-refractivity contribution in [2.75, 3.05) is 44.5 Å². The number of rotatable bonds is 7. The second-order valence-corrected chi connectivity index (χ2v) is 8.65. The van der Waals surface area contributed by atoms with Crippen LogP contribution < -0.4 is 20.3 Å². The Morgan fingerprint density at radius 2 is 1.74 bits per heavy atom. The van der Waals surface area contributed by atoms with Crippen LogP contribution in [0.1, 0.15) is 33.6 Å². The molecule has 9 nitrogen and oxygen atoms in total. The van der Waals surface area contributed by atoms with Crippen molar-refractivity contribution in [3.05, 3.63) is 72.1 Å². The Morgan fingerprint density at radius 1 is 1.03 bits per heavy atom. The summed E-state index contributed by atoms with van der Waals surface area (Å²) < 4.78 is 5.16. The first kappa shape index (κ1) is 24.0. The fourth-order valence-electron chi connectivity index (χ4n) is 3.98. The molecule has 2 heterocycles. The van der Waals surface area contributed by atoms with Gasteiger partial charge in [0, 0.05) is 50.0 Å². The van der Waals surface area contributed by atoms with Crippen molar-refractivity contribution in [3.8, 4) is 5.75 Å². The van der Waals surface area contributed by atoms with E-state index in [-0.39, 0.29) is 17.9 Å². The fourth-order valence-corrected chi connectivity index (χ4v) is 3.98. The number of carbonyl (C=O) groups is 2. The van der Waals surface area contributed by atoms with Crippen molar-refractivity contribution in [2.45, 2.75) is 18.9 Å². The zero-order valence-electron chi connectivity index (χ0n) is 20.2. The highest BCUT2D eigenvalue weighted by Gasteiger charge is 2.23. The molecule has 0 spiro atoms. The first-order chi connectivity index (χ1) is 16.9. The zero-order valence-corrected chi connectivity index (χ0v) is 20.2. The van der Waals surface area contributed by atoms with Gasteiger partial charge in [0.15, 0.2) is 5.82 Å². The number of methoxy groups -OCH3 is 1. The first-order valence-corrected chi connectivity index (χ1v) is 11.5. The van der Waals surface area contributed by atoms with E-state index in [9.17, 15) is 9.59 Å². The lowest BCUT2D eigenvalue weighted by Crippen LogP contribution is -2.48. The van der Waals surface area contributed by atoms with Crippen LogP contribution in [-0.2, 0) is 0 Å². The smallest absolute Gasteiger partial charge is 0.253 e. The van der Waals surface area contributed by atoms with Crippen LogP contribution in [0.15, 0.2) is 60.9 Å². The Morgan fingerprint density at radius 3 is 2.43 bits per heavy atom. The Kier molecular flexibility index (Phi) is 7.45. The Balaban J connectivity index is 1.38. The molecular weight excluding hydrogens is 444 g/mol. The van der Waals surface area contributed by atoms with Crippen molar-refractivity contribution in [2.24, 2.45) is 0 Å². The molecule has 182 valence electrons. The predicted octanol–water partition coefficient (Wildman–Crippen LogP) is 3.33. The number of amides is 2. The molecule has 0 radical (unpaired) electrons. The van der Waals surface area contributed by atoms with Gasteiger partial charge in [0.2, 0.25) is 0 Å². The van der Waals surface area contributed by atoms with Gasteiger partial charge >= 0.3 is 0 Å². The summed E-state index contributed by atoms with van der Waals surface area (Å²) in [6, 6.07) is 14.3. The highest BCUT2D eigenvalue weighted by molar-refractivity contribution is 5.95. The van der Waals surface area contributed by atoms with Crippen molar-refractivity contribution in [3.63, 3.8) is 0 Å². The molecule has 2 amide bonds. The molecule has 1 aliphatic heterocycles. The van der Waals surface area contributed by atoms with E-state index in [1.807, 2.05) is 12.1 Å². The van der Waals surface area contributed by atoms with Crippen LogP contribution in [0.4, 0.5) is 17.3 Å². The van der Waals surface area contributed by atoms with E-state index in [0.717, 1.165) is 36.6 Å². The third-order valence-corrected chi connectivity index (χ3v) is 5.87. The van der Waals surface area contributed by atoms with Crippen LogP contribution in [0.25, 0.3) is 0 Å². The molecule has 1 atom stereocenters. The summed E-state index contributed by atoms with van der Waals surface area (Å²) in [5.41, 5.74) is 2.04. The molecule has 2 N–H and O–H groups in total. The highest BCUT2D eigenvalue weighted by Crippen LogP contribution is 2.21. The molecule has 35 heavy (non-hydrogen) atoms. The number of piperidine rings is 1. The van der Waals surface area contributed by atoms with Gasteiger partial charge in [0.1, 0.15) is 11.6 Å². The number of nitrogens with zero attached hydrogens (tertiary/aromatic N) is 4. The third kappa shape index (κ3) is 6.06. The SMILES string of the molecule is COc1ccc(C(=O)N[C@@H]2CCCN(c3cncc(Nc4ccc(C(=O)N(C)C)cc4)n3)C2)cc1. The topological polar surface area (TPSA) is 99.7 Å². The molecule has 1 saturated heterocycles. The second-order valence-electron chi connectivity index (χ2n) is 8.65. The number of anilines is 3. The van der Waals surface area contributed by atoms with Crippen LogP contribution >= 0.6 is 0 Å². The third-order valence-electron chi connectivity index (χ3n) is 5.87. The van der Waals surface area contributed by atoms with Crippen LogP contribution in [0, 0.1) is 0 Å². The van der Waals surface area contributed by atoms with Gasteiger partial charge in [-0.1, -0.05) is 0 Å².